The lowest BCUT2D eigenvalue weighted by Gasteiger charge is -2.02. The SMILES string of the molecule is Cc1nc2ccc(C(=O)NC3CC3)cc2s1. The maximum Gasteiger partial charge on any atom is 0.251 e. The minimum Gasteiger partial charge on any atom is -0.349 e. The van der Waals surface area contributed by atoms with E-state index in [1.165, 1.54) is 0 Å². The molecule has 0 unspecified atom stereocenters. The van der Waals surface area contributed by atoms with Crippen molar-refractivity contribution in [3.8, 4) is 0 Å². The number of carbonyl (C=O) groups is 1. The first-order valence-electron chi connectivity index (χ1n) is 5.40. The number of fused-ring (bicyclic) bond motifs is 1. The predicted molar refractivity (Wildman–Crippen MR) is 64.8 cm³/mol. The number of nitrogens with zero attached hydrogens (tertiary/aromatic N) is 1. The molecule has 1 aromatic carbocycles. The molecule has 3 rings (SSSR count). The highest BCUT2D eigenvalue weighted by Gasteiger charge is 2.23. The number of aryl methyl sites for hydroxylation is 1. The molecule has 0 bridgehead atoms. The summed E-state index contributed by atoms with van der Waals surface area (Å²) in [6, 6.07) is 6.10. The number of amides is 1. The number of nitrogens with one attached hydrogen (secondary N) is 1. The lowest BCUT2D eigenvalue weighted by atomic mass is 10.2. The van der Waals surface area contributed by atoms with Gasteiger partial charge in [0.2, 0.25) is 0 Å². The van der Waals surface area contributed by atoms with Crippen LogP contribution in [0.5, 0.6) is 0 Å². The van der Waals surface area contributed by atoms with Gasteiger partial charge in [-0.2, -0.15) is 0 Å². The molecule has 4 heteroatoms. The molecule has 1 saturated carbocycles. The van der Waals surface area contributed by atoms with E-state index in [2.05, 4.69) is 10.3 Å². The minimum absolute atomic E-state index is 0.0375. The zero-order valence-corrected chi connectivity index (χ0v) is 9.80. The van der Waals surface area contributed by atoms with Crippen LogP contribution in [0.2, 0.25) is 0 Å². The summed E-state index contributed by atoms with van der Waals surface area (Å²) in [4.78, 5) is 16.2. The van der Waals surface area contributed by atoms with Gasteiger partial charge >= 0.3 is 0 Å². The highest BCUT2D eigenvalue weighted by molar-refractivity contribution is 7.18. The lowest BCUT2D eigenvalue weighted by molar-refractivity contribution is 0.0951. The molecule has 1 aromatic heterocycles. The molecular formula is C12H12N2OS. The minimum atomic E-state index is 0.0375. The molecule has 0 aliphatic heterocycles. The fraction of sp³-hybridized carbons (Fsp3) is 0.333. The summed E-state index contributed by atoms with van der Waals surface area (Å²) in [5, 5.41) is 4.02. The summed E-state index contributed by atoms with van der Waals surface area (Å²) in [6.07, 6.45) is 2.24. The van der Waals surface area contributed by atoms with E-state index < -0.39 is 0 Å². The molecule has 2 aromatic rings. The number of thiazole rings is 1. The van der Waals surface area contributed by atoms with Gasteiger partial charge in [0, 0.05) is 11.6 Å². The normalized spacial score (nSPS) is 15.3. The van der Waals surface area contributed by atoms with Gasteiger partial charge < -0.3 is 5.32 Å². The Balaban J connectivity index is 1.93. The second-order valence-corrected chi connectivity index (χ2v) is 5.40. The van der Waals surface area contributed by atoms with Crippen LogP contribution in [0.4, 0.5) is 0 Å². The Labute approximate surface area is 97.5 Å². The van der Waals surface area contributed by atoms with Gasteiger partial charge in [0.15, 0.2) is 0 Å². The lowest BCUT2D eigenvalue weighted by Crippen LogP contribution is -2.25. The molecule has 82 valence electrons. The number of hydrogen-bond acceptors (Lipinski definition) is 3. The fourth-order valence-electron chi connectivity index (χ4n) is 1.68. The maximum atomic E-state index is 11.8. The van der Waals surface area contributed by atoms with Gasteiger partial charge in [-0.3, -0.25) is 4.79 Å². The summed E-state index contributed by atoms with van der Waals surface area (Å²) in [7, 11) is 0. The second kappa shape index (κ2) is 3.56. The van der Waals surface area contributed by atoms with E-state index in [9.17, 15) is 4.79 Å². The zero-order valence-electron chi connectivity index (χ0n) is 8.99. The van der Waals surface area contributed by atoms with Crippen molar-refractivity contribution in [2.75, 3.05) is 0 Å². The van der Waals surface area contributed by atoms with E-state index in [4.69, 9.17) is 0 Å². The van der Waals surface area contributed by atoms with Crippen LogP contribution in [0.1, 0.15) is 28.2 Å². The largest absolute Gasteiger partial charge is 0.349 e. The summed E-state index contributed by atoms with van der Waals surface area (Å²) in [6.45, 7) is 1.98. The number of aromatic nitrogens is 1. The highest BCUT2D eigenvalue weighted by Crippen LogP contribution is 2.24. The Morgan fingerprint density at radius 1 is 1.50 bits per heavy atom. The molecule has 0 spiro atoms. The third kappa shape index (κ3) is 1.80. The Morgan fingerprint density at radius 3 is 3.06 bits per heavy atom. The standard InChI is InChI=1S/C12H12N2OS/c1-7-13-10-5-2-8(6-11(10)16-7)12(15)14-9-3-4-9/h2,5-6,9H,3-4H2,1H3,(H,14,15). The van der Waals surface area contributed by atoms with Crippen molar-refractivity contribution in [2.45, 2.75) is 25.8 Å². The van der Waals surface area contributed by atoms with Gasteiger partial charge in [-0.15, -0.1) is 11.3 Å². The monoisotopic (exact) mass is 232 g/mol. The van der Waals surface area contributed by atoms with Crippen LogP contribution in [0.3, 0.4) is 0 Å². The first kappa shape index (κ1) is 9.78. The third-order valence-electron chi connectivity index (χ3n) is 2.67. The first-order chi connectivity index (χ1) is 7.72. The number of carbonyl (C=O) groups excluding carboxylic acids is 1. The Bertz CT molecular complexity index is 557. The van der Waals surface area contributed by atoms with Crippen molar-refractivity contribution in [3.63, 3.8) is 0 Å². The third-order valence-corrected chi connectivity index (χ3v) is 3.60. The zero-order chi connectivity index (χ0) is 11.1. The van der Waals surface area contributed by atoms with Crippen LogP contribution in [-0.4, -0.2) is 16.9 Å². The van der Waals surface area contributed by atoms with E-state index in [1.54, 1.807) is 11.3 Å². The van der Waals surface area contributed by atoms with Gasteiger partial charge in [-0.1, -0.05) is 0 Å². The summed E-state index contributed by atoms with van der Waals surface area (Å²) >= 11 is 1.63. The summed E-state index contributed by atoms with van der Waals surface area (Å²) in [5.41, 5.74) is 1.72. The Hall–Kier alpha value is -1.42. The Morgan fingerprint density at radius 2 is 2.31 bits per heavy atom. The van der Waals surface area contributed by atoms with Crippen molar-refractivity contribution in [2.24, 2.45) is 0 Å². The maximum absolute atomic E-state index is 11.8. The Kier molecular flexibility index (Phi) is 2.17. The second-order valence-electron chi connectivity index (χ2n) is 4.16. The fourth-order valence-corrected chi connectivity index (χ4v) is 2.54. The number of hydrogen-bond donors (Lipinski definition) is 1. The summed E-state index contributed by atoms with van der Waals surface area (Å²) in [5.74, 6) is 0.0375. The van der Waals surface area contributed by atoms with E-state index in [0.29, 0.717) is 6.04 Å². The van der Waals surface area contributed by atoms with Crippen molar-refractivity contribution in [3.05, 3.63) is 28.8 Å². The molecule has 1 heterocycles. The van der Waals surface area contributed by atoms with Gasteiger partial charge in [-0.25, -0.2) is 4.98 Å². The molecule has 0 radical (unpaired) electrons. The molecule has 16 heavy (non-hydrogen) atoms. The van der Waals surface area contributed by atoms with Gasteiger partial charge in [0.1, 0.15) is 0 Å². The first-order valence-corrected chi connectivity index (χ1v) is 6.22. The number of benzene rings is 1. The number of rotatable bonds is 2. The average molecular weight is 232 g/mol. The van der Waals surface area contributed by atoms with Crippen LogP contribution < -0.4 is 5.32 Å². The van der Waals surface area contributed by atoms with E-state index in [0.717, 1.165) is 33.6 Å². The molecule has 1 fully saturated rings. The van der Waals surface area contributed by atoms with Crippen molar-refractivity contribution < 1.29 is 4.79 Å². The van der Waals surface area contributed by atoms with E-state index >= 15 is 0 Å². The average Bonchev–Trinajstić information content (AvgIpc) is 2.96. The van der Waals surface area contributed by atoms with Crippen LogP contribution in [-0.2, 0) is 0 Å². The van der Waals surface area contributed by atoms with Crippen molar-refractivity contribution >= 4 is 27.5 Å². The van der Waals surface area contributed by atoms with Crippen LogP contribution in [0.15, 0.2) is 18.2 Å². The topological polar surface area (TPSA) is 42.0 Å². The van der Waals surface area contributed by atoms with Crippen molar-refractivity contribution in [1.82, 2.24) is 10.3 Å². The smallest absolute Gasteiger partial charge is 0.251 e. The molecule has 1 aliphatic carbocycles. The molecule has 1 aliphatic rings. The van der Waals surface area contributed by atoms with Crippen LogP contribution in [0, 0.1) is 6.92 Å². The summed E-state index contributed by atoms with van der Waals surface area (Å²) < 4.78 is 1.08. The van der Waals surface area contributed by atoms with Gasteiger partial charge in [0.05, 0.1) is 15.2 Å². The van der Waals surface area contributed by atoms with Crippen LogP contribution >= 0.6 is 11.3 Å². The predicted octanol–water partition coefficient (Wildman–Crippen LogP) is 2.50. The molecule has 0 atom stereocenters. The molecule has 1 amide bonds. The molecule has 1 N–H and O–H groups in total. The molecular weight excluding hydrogens is 220 g/mol. The molecule has 3 nitrogen and oxygen atoms in total. The van der Waals surface area contributed by atoms with Crippen LogP contribution in [0.25, 0.3) is 10.2 Å². The molecule has 0 saturated heterocycles. The van der Waals surface area contributed by atoms with Gasteiger partial charge in [0.25, 0.3) is 5.91 Å². The quantitative estimate of drug-likeness (QED) is 0.864. The highest BCUT2D eigenvalue weighted by atomic mass is 32.1. The van der Waals surface area contributed by atoms with E-state index in [1.807, 2.05) is 25.1 Å². The van der Waals surface area contributed by atoms with E-state index in [-0.39, 0.29) is 5.91 Å². The van der Waals surface area contributed by atoms with Gasteiger partial charge in [-0.05, 0) is 38.0 Å². The van der Waals surface area contributed by atoms with Crippen molar-refractivity contribution in [1.29, 1.82) is 0 Å².